The number of hydrogen-bond acceptors (Lipinski definition) is 4. The second-order valence-electron chi connectivity index (χ2n) is 3.79. The third-order valence-corrected chi connectivity index (χ3v) is 2.67. The Balaban J connectivity index is 2.41. The summed E-state index contributed by atoms with van der Waals surface area (Å²) in [6, 6.07) is 0.629. The van der Waals surface area contributed by atoms with Crippen molar-refractivity contribution in [3.8, 4) is 0 Å². The van der Waals surface area contributed by atoms with Crippen LogP contribution >= 0.6 is 0 Å². The van der Waals surface area contributed by atoms with Crippen molar-refractivity contribution >= 4 is 5.97 Å². The average Bonchev–Trinajstić information content (AvgIpc) is 2.18. The zero-order valence-corrected chi connectivity index (χ0v) is 9.16. The molecule has 1 aliphatic heterocycles. The first-order valence-corrected chi connectivity index (χ1v) is 5.05. The maximum atomic E-state index is 11.1. The van der Waals surface area contributed by atoms with E-state index < -0.39 is 0 Å². The summed E-state index contributed by atoms with van der Waals surface area (Å²) in [5.41, 5.74) is 0. The summed E-state index contributed by atoms with van der Waals surface area (Å²) < 4.78 is 9.99. The van der Waals surface area contributed by atoms with Gasteiger partial charge in [-0.15, -0.1) is 0 Å². The van der Waals surface area contributed by atoms with Crippen LogP contribution in [0.5, 0.6) is 0 Å². The van der Waals surface area contributed by atoms with Crippen molar-refractivity contribution in [3.63, 3.8) is 0 Å². The number of hydrogen-bond donors (Lipinski definition) is 0. The molecule has 1 aliphatic rings. The molecule has 1 saturated heterocycles. The van der Waals surface area contributed by atoms with Crippen molar-refractivity contribution in [2.45, 2.75) is 32.4 Å². The molecule has 2 unspecified atom stereocenters. The largest absolute Gasteiger partial charge is 0.469 e. The molecule has 0 amide bonds. The smallest absolute Gasteiger partial charge is 0.307 e. The molecule has 0 N–H and O–H groups in total. The highest BCUT2D eigenvalue weighted by Gasteiger charge is 2.25. The molecule has 1 heterocycles. The molecule has 0 radical (unpaired) electrons. The van der Waals surface area contributed by atoms with Gasteiger partial charge in [0.25, 0.3) is 0 Å². The molecule has 1 rings (SSSR count). The summed E-state index contributed by atoms with van der Waals surface area (Å²) in [6.45, 7) is 6.59. The molecule has 82 valence electrons. The molecule has 1 fully saturated rings. The van der Waals surface area contributed by atoms with Crippen molar-refractivity contribution in [2.75, 3.05) is 26.9 Å². The standard InChI is InChI=1S/C10H19NO3/c1-8(6-10(12)13-3)11-4-5-14-7-9(11)2/h8-9H,4-7H2,1-3H3. The van der Waals surface area contributed by atoms with E-state index in [1.165, 1.54) is 7.11 Å². The molecule has 14 heavy (non-hydrogen) atoms. The van der Waals surface area contributed by atoms with E-state index in [0.29, 0.717) is 12.5 Å². The molecule has 4 heteroatoms. The molecule has 0 aromatic rings. The highest BCUT2D eigenvalue weighted by Crippen LogP contribution is 2.13. The number of carbonyl (C=O) groups excluding carboxylic acids is 1. The fraction of sp³-hybridized carbons (Fsp3) is 0.900. The lowest BCUT2D eigenvalue weighted by atomic mass is 10.1. The van der Waals surface area contributed by atoms with E-state index in [-0.39, 0.29) is 12.0 Å². The SMILES string of the molecule is COC(=O)CC(C)N1CCOCC1C. The van der Waals surface area contributed by atoms with Crippen LogP contribution in [0.25, 0.3) is 0 Å². The van der Waals surface area contributed by atoms with Gasteiger partial charge >= 0.3 is 5.97 Å². The fourth-order valence-electron chi connectivity index (χ4n) is 1.84. The number of ether oxygens (including phenoxy) is 2. The van der Waals surface area contributed by atoms with E-state index in [1.807, 2.05) is 0 Å². The average molecular weight is 201 g/mol. The first-order valence-electron chi connectivity index (χ1n) is 5.05. The lowest BCUT2D eigenvalue weighted by Crippen LogP contribution is -2.48. The number of methoxy groups -OCH3 is 1. The van der Waals surface area contributed by atoms with Gasteiger partial charge in [0.15, 0.2) is 0 Å². The number of nitrogens with zero attached hydrogens (tertiary/aromatic N) is 1. The van der Waals surface area contributed by atoms with Gasteiger partial charge in [0, 0.05) is 18.6 Å². The van der Waals surface area contributed by atoms with E-state index in [9.17, 15) is 4.79 Å². The van der Waals surface area contributed by atoms with Gasteiger partial charge < -0.3 is 9.47 Å². The van der Waals surface area contributed by atoms with Crippen LogP contribution in [0.2, 0.25) is 0 Å². The Morgan fingerprint density at radius 1 is 1.71 bits per heavy atom. The molecular weight excluding hydrogens is 182 g/mol. The topological polar surface area (TPSA) is 38.8 Å². The summed E-state index contributed by atoms with van der Waals surface area (Å²) in [6.07, 6.45) is 0.459. The highest BCUT2D eigenvalue weighted by molar-refractivity contribution is 5.69. The van der Waals surface area contributed by atoms with Crippen LogP contribution in [0, 0.1) is 0 Å². The van der Waals surface area contributed by atoms with Crippen molar-refractivity contribution < 1.29 is 14.3 Å². The summed E-state index contributed by atoms with van der Waals surface area (Å²) >= 11 is 0. The van der Waals surface area contributed by atoms with E-state index in [0.717, 1.165) is 19.8 Å². The first kappa shape index (κ1) is 11.5. The summed E-state index contributed by atoms with van der Waals surface area (Å²) in [5, 5.41) is 0. The summed E-state index contributed by atoms with van der Waals surface area (Å²) in [4.78, 5) is 13.4. The molecule has 0 aliphatic carbocycles. The minimum Gasteiger partial charge on any atom is -0.469 e. The van der Waals surface area contributed by atoms with Gasteiger partial charge in [-0.3, -0.25) is 9.69 Å². The molecule has 4 nitrogen and oxygen atoms in total. The number of carbonyl (C=O) groups is 1. The maximum absolute atomic E-state index is 11.1. The minimum atomic E-state index is -0.142. The summed E-state index contributed by atoms with van der Waals surface area (Å²) in [5.74, 6) is -0.142. The van der Waals surface area contributed by atoms with Gasteiger partial charge in [-0.2, -0.15) is 0 Å². The van der Waals surface area contributed by atoms with Crippen LogP contribution in [0.3, 0.4) is 0 Å². The van der Waals surface area contributed by atoms with Gasteiger partial charge in [-0.05, 0) is 13.8 Å². The Morgan fingerprint density at radius 2 is 2.43 bits per heavy atom. The van der Waals surface area contributed by atoms with Crippen molar-refractivity contribution in [1.29, 1.82) is 0 Å². The van der Waals surface area contributed by atoms with E-state index >= 15 is 0 Å². The van der Waals surface area contributed by atoms with Crippen molar-refractivity contribution in [3.05, 3.63) is 0 Å². The molecule has 0 saturated carbocycles. The van der Waals surface area contributed by atoms with Crippen LogP contribution in [-0.2, 0) is 14.3 Å². The van der Waals surface area contributed by atoms with Crippen molar-refractivity contribution in [2.24, 2.45) is 0 Å². The Hall–Kier alpha value is -0.610. The van der Waals surface area contributed by atoms with Crippen LogP contribution in [0.1, 0.15) is 20.3 Å². The normalized spacial score (nSPS) is 25.8. The van der Waals surface area contributed by atoms with Gasteiger partial charge in [-0.1, -0.05) is 0 Å². The molecule has 2 atom stereocenters. The zero-order chi connectivity index (χ0) is 10.6. The second-order valence-corrected chi connectivity index (χ2v) is 3.79. The third-order valence-electron chi connectivity index (χ3n) is 2.67. The van der Waals surface area contributed by atoms with Gasteiger partial charge in [0.05, 0.1) is 26.7 Å². The first-order chi connectivity index (χ1) is 6.65. The molecule has 0 aromatic carbocycles. The predicted molar refractivity (Wildman–Crippen MR) is 53.1 cm³/mol. The Bertz CT molecular complexity index is 196. The molecule has 0 aromatic heterocycles. The highest BCUT2D eigenvalue weighted by atomic mass is 16.5. The monoisotopic (exact) mass is 201 g/mol. The molecule has 0 spiro atoms. The Labute approximate surface area is 85.2 Å². The molecular formula is C10H19NO3. The predicted octanol–water partition coefficient (Wildman–Crippen LogP) is 0.659. The quantitative estimate of drug-likeness (QED) is 0.629. The summed E-state index contributed by atoms with van der Waals surface area (Å²) in [7, 11) is 1.43. The van der Waals surface area contributed by atoms with Gasteiger partial charge in [0.2, 0.25) is 0 Å². The van der Waals surface area contributed by atoms with Crippen LogP contribution in [0.15, 0.2) is 0 Å². The lowest BCUT2D eigenvalue weighted by molar-refractivity contribution is -0.142. The van der Waals surface area contributed by atoms with Crippen LogP contribution < -0.4 is 0 Å². The van der Waals surface area contributed by atoms with E-state index in [2.05, 4.69) is 23.5 Å². The molecule has 0 bridgehead atoms. The van der Waals surface area contributed by atoms with Crippen LogP contribution in [-0.4, -0.2) is 49.8 Å². The number of rotatable bonds is 3. The number of esters is 1. The third kappa shape index (κ3) is 2.96. The van der Waals surface area contributed by atoms with Gasteiger partial charge in [0.1, 0.15) is 0 Å². The van der Waals surface area contributed by atoms with Crippen LogP contribution in [0.4, 0.5) is 0 Å². The van der Waals surface area contributed by atoms with Gasteiger partial charge in [-0.25, -0.2) is 0 Å². The lowest BCUT2D eigenvalue weighted by Gasteiger charge is -2.37. The Kier molecular flexibility index (Phi) is 4.35. The number of morpholine rings is 1. The van der Waals surface area contributed by atoms with Crippen molar-refractivity contribution in [1.82, 2.24) is 4.90 Å². The second kappa shape index (κ2) is 5.32. The minimum absolute atomic E-state index is 0.142. The maximum Gasteiger partial charge on any atom is 0.307 e. The zero-order valence-electron chi connectivity index (χ0n) is 9.16. The Morgan fingerprint density at radius 3 is 3.00 bits per heavy atom. The fourth-order valence-corrected chi connectivity index (χ4v) is 1.84. The van der Waals surface area contributed by atoms with E-state index in [1.54, 1.807) is 0 Å². The van der Waals surface area contributed by atoms with E-state index in [4.69, 9.17) is 4.74 Å².